The largest absolute Gasteiger partial charge is 0.477 e. The second-order valence-electron chi connectivity index (χ2n) is 8.25. The molecule has 11 heteroatoms. The van der Waals surface area contributed by atoms with Gasteiger partial charge in [-0.3, -0.25) is 4.79 Å². The van der Waals surface area contributed by atoms with Crippen molar-refractivity contribution in [3.05, 3.63) is 33.6 Å². The number of nitrogens with zero attached hydrogens (tertiary/aromatic N) is 2. The van der Waals surface area contributed by atoms with E-state index in [-0.39, 0.29) is 36.3 Å². The monoisotopic (exact) mass is 450 g/mol. The van der Waals surface area contributed by atoms with Gasteiger partial charge in [0.25, 0.3) is 0 Å². The number of nitrogens with two attached hydrogens (primary N) is 1. The van der Waals surface area contributed by atoms with E-state index in [1.807, 2.05) is 6.92 Å². The van der Waals surface area contributed by atoms with Crippen molar-refractivity contribution in [1.82, 2.24) is 9.88 Å². The fourth-order valence-corrected chi connectivity index (χ4v) is 4.46. The number of fused-ring (bicyclic) bond motifs is 1. The number of carboxylic acids is 1. The van der Waals surface area contributed by atoms with Crippen molar-refractivity contribution < 1.29 is 28.2 Å². The molecule has 2 aromatic rings. The normalized spacial score (nSPS) is 20.6. The van der Waals surface area contributed by atoms with Crippen LogP contribution in [0, 0.1) is 17.6 Å². The van der Waals surface area contributed by atoms with Crippen LogP contribution in [-0.2, 0) is 4.74 Å². The molecule has 2 atom stereocenters. The summed E-state index contributed by atoms with van der Waals surface area (Å²) in [5, 5.41) is 11.6. The fourth-order valence-electron chi connectivity index (χ4n) is 4.46. The van der Waals surface area contributed by atoms with Gasteiger partial charge in [-0.2, -0.15) is 0 Å². The van der Waals surface area contributed by atoms with Crippen LogP contribution in [0.15, 0.2) is 11.0 Å². The lowest BCUT2D eigenvalue weighted by Gasteiger charge is -2.23. The third kappa shape index (κ3) is 3.41. The maximum atomic E-state index is 15.9. The summed E-state index contributed by atoms with van der Waals surface area (Å²) in [7, 11) is 1.23. The minimum Gasteiger partial charge on any atom is -0.477 e. The van der Waals surface area contributed by atoms with Crippen molar-refractivity contribution in [2.24, 2.45) is 5.92 Å². The second-order valence-corrected chi connectivity index (χ2v) is 8.25. The SMILES string of the molecule is CC[C@H]1CN(c2c(F)c(N)c3c(=O)c(C(=O)O)cn(C4CC4)c3c2F)C[C@@H]1NC(=O)OC. The molecule has 9 nitrogen and oxygen atoms in total. The first-order valence-corrected chi connectivity index (χ1v) is 10.4. The van der Waals surface area contributed by atoms with Gasteiger partial charge < -0.3 is 30.4 Å². The lowest BCUT2D eigenvalue weighted by Crippen LogP contribution is -2.40. The molecule has 1 aromatic carbocycles. The topological polar surface area (TPSA) is 127 Å². The number of ether oxygens (including phenoxy) is 1. The van der Waals surface area contributed by atoms with Gasteiger partial charge in [0.15, 0.2) is 11.6 Å². The third-order valence-corrected chi connectivity index (χ3v) is 6.31. The van der Waals surface area contributed by atoms with Crippen LogP contribution in [0.25, 0.3) is 10.9 Å². The number of benzene rings is 1. The minimum atomic E-state index is -1.49. The third-order valence-electron chi connectivity index (χ3n) is 6.31. The number of carbonyl (C=O) groups is 2. The summed E-state index contributed by atoms with van der Waals surface area (Å²) in [6, 6.07) is -0.595. The van der Waals surface area contributed by atoms with Crippen LogP contribution in [0.1, 0.15) is 42.6 Å². The van der Waals surface area contributed by atoms with Crippen LogP contribution in [0.4, 0.5) is 25.0 Å². The smallest absolute Gasteiger partial charge is 0.407 e. The van der Waals surface area contributed by atoms with Crippen LogP contribution < -0.4 is 21.4 Å². The van der Waals surface area contributed by atoms with Crippen molar-refractivity contribution in [1.29, 1.82) is 0 Å². The molecule has 4 N–H and O–H groups in total. The summed E-state index contributed by atoms with van der Waals surface area (Å²) < 4.78 is 37.3. The Bertz CT molecular complexity index is 1180. The molecule has 172 valence electrons. The zero-order valence-corrected chi connectivity index (χ0v) is 17.7. The Morgan fingerprint density at radius 3 is 2.53 bits per heavy atom. The molecule has 0 spiro atoms. The standard InChI is InChI=1S/C21H24F2N4O5/c1-3-9-6-26(8-12(9)25-21(31)32-2)18-14(22)16(24)13-17(15(18)23)27(10-4-5-10)7-11(19(13)28)20(29)30/h7,9-10,12H,3-6,8,24H2,1-2H3,(H,25,31)(H,29,30)/t9-,12-/m0/s1. The maximum absolute atomic E-state index is 15.9. The highest BCUT2D eigenvalue weighted by atomic mass is 19.1. The molecular formula is C21H24F2N4O5. The van der Waals surface area contributed by atoms with Gasteiger partial charge in [-0.05, 0) is 25.2 Å². The van der Waals surface area contributed by atoms with Gasteiger partial charge in [-0.25, -0.2) is 18.4 Å². The van der Waals surface area contributed by atoms with E-state index in [0.29, 0.717) is 19.3 Å². The molecule has 32 heavy (non-hydrogen) atoms. The van der Waals surface area contributed by atoms with Crippen LogP contribution >= 0.6 is 0 Å². The summed E-state index contributed by atoms with van der Waals surface area (Å²) in [5.74, 6) is -3.67. The van der Waals surface area contributed by atoms with E-state index in [4.69, 9.17) is 5.73 Å². The molecule has 0 radical (unpaired) electrons. The van der Waals surface area contributed by atoms with E-state index in [0.717, 1.165) is 6.20 Å². The first-order valence-electron chi connectivity index (χ1n) is 10.4. The molecule has 4 rings (SSSR count). The van der Waals surface area contributed by atoms with E-state index in [9.17, 15) is 19.5 Å². The molecule has 1 saturated heterocycles. The number of methoxy groups -OCH3 is 1. The molecule has 1 saturated carbocycles. The van der Waals surface area contributed by atoms with Gasteiger partial charge in [0.1, 0.15) is 11.3 Å². The number of nitrogens with one attached hydrogen (secondary N) is 1. The van der Waals surface area contributed by atoms with E-state index in [1.165, 1.54) is 16.6 Å². The first-order chi connectivity index (χ1) is 15.2. The number of aromatic nitrogens is 1. The van der Waals surface area contributed by atoms with Crippen LogP contribution in [0.2, 0.25) is 0 Å². The number of pyridine rings is 1. The predicted octanol–water partition coefficient (Wildman–Crippen LogP) is 2.47. The Kier molecular flexibility index (Phi) is 5.43. The van der Waals surface area contributed by atoms with E-state index in [2.05, 4.69) is 10.1 Å². The average molecular weight is 450 g/mol. The number of aromatic carboxylic acids is 1. The van der Waals surface area contributed by atoms with Gasteiger partial charge in [0.05, 0.1) is 29.7 Å². The Morgan fingerprint density at radius 1 is 1.28 bits per heavy atom. The number of carboxylic acid groups (broad SMARTS) is 1. The molecule has 0 bridgehead atoms. The molecule has 2 heterocycles. The van der Waals surface area contributed by atoms with Gasteiger partial charge in [-0.15, -0.1) is 0 Å². The van der Waals surface area contributed by atoms with Crippen molar-refractivity contribution in [3.63, 3.8) is 0 Å². The average Bonchev–Trinajstić information content (AvgIpc) is 3.52. The maximum Gasteiger partial charge on any atom is 0.407 e. The summed E-state index contributed by atoms with van der Waals surface area (Å²) in [5.41, 5.74) is 3.17. The fraction of sp³-hybridized carbons (Fsp3) is 0.476. The molecule has 1 amide bonds. The lowest BCUT2D eigenvalue weighted by molar-refractivity contribution is 0.0694. The first kappa shape index (κ1) is 21.8. The van der Waals surface area contributed by atoms with Crippen molar-refractivity contribution >= 4 is 34.3 Å². The van der Waals surface area contributed by atoms with Crippen molar-refractivity contribution in [3.8, 4) is 0 Å². The number of hydrogen-bond donors (Lipinski definition) is 3. The predicted molar refractivity (Wildman–Crippen MR) is 113 cm³/mol. The molecule has 0 unspecified atom stereocenters. The highest BCUT2D eigenvalue weighted by molar-refractivity contribution is 5.99. The molecule has 2 aliphatic rings. The number of rotatable bonds is 5. The number of amides is 1. The molecular weight excluding hydrogens is 426 g/mol. The van der Waals surface area contributed by atoms with Gasteiger partial charge in [-0.1, -0.05) is 6.92 Å². The van der Waals surface area contributed by atoms with Gasteiger partial charge in [0.2, 0.25) is 5.43 Å². The van der Waals surface area contributed by atoms with Crippen molar-refractivity contribution in [2.75, 3.05) is 30.8 Å². The van der Waals surface area contributed by atoms with Crippen molar-refractivity contribution in [2.45, 2.75) is 38.3 Å². The van der Waals surface area contributed by atoms with Gasteiger partial charge >= 0.3 is 12.1 Å². The number of halogens is 2. The quantitative estimate of drug-likeness (QED) is 0.597. The summed E-state index contributed by atoms with van der Waals surface area (Å²) in [6.07, 6.45) is 2.46. The van der Waals surface area contributed by atoms with Crippen LogP contribution in [0.3, 0.4) is 0 Å². The minimum absolute atomic E-state index is 0.0927. The Morgan fingerprint density at radius 2 is 1.97 bits per heavy atom. The highest BCUT2D eigenvalue weighted by Gasteiger charge is 2.38. The van der Waals surface area contributed by atoms with E-state index in [1.54, 1.807) is 0 Å². The number of anilines is 2. The molecule has 1 aliphatic heterocycles. The summed E-state index contributed by atoms with van der Waals surface area (Å²) >= 11 is 0. The Balaban J connectivity index is 1.90. The van der Waals surface area contributed by atoms with E-state index >= 15 is 8.78 Å². The second kappa shape index (κ2) is 7.95. The number of nitrogen functional groups attached to an aromatic ring is 1. The Hall–Kier alpha value is -3.37. The number of alkyl carbamates (subject to hydrolysis) is 1. The van der Waals surface area contributed by atoms with E-state index < -0.39 is 51.8 Å². The molecule has 1 aromatic heterocycles. The summed E-state index contributed by atoms with van der Waals surface area (Å²) in [6.45, 7) is 2.28. The van der Waals surface area contributed by atoms with Gasteiger partial charge in [0, 0.05) is 25.3 Å². The summed E-state index contributed by atoms with van der Waals surface area (Å²) in [4.78, 5) is 37.4. The number of hydrogen-bond acceptors (Lipinski definition) is 6. The number of carbonyl (C=O) groups excluding carboxylic acids is 1. The molecule has 1 aliphatic carbocycles. The Labute approximate surface area is 181 Å². The highest BCUT2D eigenvalue weighted by Crippen LogP contribution is 2.42. The zero-order valence-electron chi connectivity index (χ0n) is 17.7. The van der Waals surface area contributed by atoms with Crippen LogP contribution in [-0.4, -0.2) is 48.0 Å². The van der Waals surface area contributed by atoms with Crippen LogP contribution in [0.5, 0.6) is 0 Å². The molecule has 2 fully saturated rings. The lowest BCUT2D eigenvalue weighted by atomic mass is 10.0. The zero-order chi connectivity index (χ0) is 23.3.